The van der Waals surface area contributed by atoms with Crippen LogP contribution in [-0.4, -0.2) is 22.7 Å². The molecule has 2 rings (SSSR count). The third-order valence-corrected chi connectivity index (χ3v) is 4.78. The summed E-state index contributed by atoms with van der Waals surface area (Å²) in [5.41, 5.74) is 7.45. The third-order valence-electron chi connectivity index (χ3n) is 3.32. The van der Waals surface area contributed by atoms with Gasteiger partial charge in [0, 0.05) is 31.0 Å². The van der Waals surface area contributed by atoms with E-state index in [4.69, 9.17) is 10.5 Å². The molecular formula is C15H21N3OS. The number of nitrogens with two attached hydrogens (primary N) is 1. The smallest absolute Gasteiger partial charge is 0.168 e. The number of benzene rings is 1. The minimum absolute atomic E-state index is 0.0491. The maximum Gasteiger partial charge on any atom is 0.168 e. The minimum atomic E-state index is 0.0491. The molecule has 0 saturated heterocycles. The average Bonchev–Trinajstić information content (AvgIpc) is 2.89. The van der Waals surface area contributed by atoms with Crippen LogP contribution in [0.5, 0.6) is 5.75 Å². The van der Waals surface area contributed by atoms with E-state index in [1.165, 1.54) is 0 Å². The van der Waals surface area contributed by atoms with E-state index < -0.39 is 0 Å². The van der Waals surface area contributed by atoms with E-state index in [0.29, 0.717) is 0 Å². The van der Waals surface area contributed by atoms with E-state index in [0.717, 1.165) is 22.9 Å². The number of hydrogen-bond acceptors (Lipinski definition) is 4. The van der Waals surface area contributed by atoms with Crippen LogP contribution >= 0.6 is 11.8 Å². The molecule has 0 spiro atoms. The molecule has 0 aliphatic heterocycles. The molecule has 2 atom stereocenters. The first kappa shape index (κ1) is 14.9. The molecule has 1 aromatic heterocycles. The van der Waals surface area contributed by atoms with Crippen molar-refractivity contribution < 1.29 is 4.74 Å². The molecule has 5 heteroatoms. The Bertz CT molecular complexity index is 556. The fourth-order valence-electron chi connectivity index (χ4n) is 2.08. The first-order valence-corrected chi connectivity index (χ1v) is 7.57. The Morgan fingerprint density at radius 2 is 2.15 bits per heavy atom. The second kappa shape index (κ2) is 6.81. The van der Waals surface area contributed by atoms with Crippen LogP contribution in [0.3, 0.4) is 0 Å². The van der Waals surface area contributed by atoms with Gasteiger partial charge in [0.2, 0.25) is 0 Å². The van der Waals surface area contributed by atoms with Gasteiger partial charge in [-0.1, -0.05) is 36.9 Å². The summed E-state index contributed by atoms with van der Waals surface area (Å²) in [6.07, 6.45) is 4.65. The molecule has 4 nitrogen and oxygen atoms in total. The molecule has 0 aliphatic rings. The van der Waals surface area contributed by atoms with E-state index in [9.17, 15) is 0 Å². The first-order chi connectivity index (χ1) is 9.67. The first-order valence-electron chi connectivity index (χ1n) is 6.69. The predicted molar refractivity (Wildman–Crippen MR) is 83.1 cm³/mol. The topological polar surface area (TPSA) is 53.1 Å². The molecule has 0 aliphatic carbocycles. The number of rotatable bonds is 6. The Hall–Kier alpha value is -1.46. The predicted octanol–water partition coefficient (Wildman–Crippen LogP) is 3.00. The monoisotopic (exact) mass is 291 g/mol. The summed E-state index contributed by atoms with van der Waals surface area (Å²) in [4.78, 5) is 4.38. The molecule has 0 fully saturated rings. The summed E-state index contributed by atoms with van der Waals surface area (Å²) in [7, 11) is 3.69. The fraction of sp³-hybridized carbons (Fsp3) is 0.400. The number of aryl methyl sites for hydroxylation is 1. The number of methoxy groups -OCH3 is 1. The highest BCUT2D eigenvalue weighted by molar-refractivity contribution is 7.99. The molecule has 0 amide bonds. The van der Waals surface area contributed by atoms with Gasteiger partial charge in [-0.25, -0.2) is 4.98 Å². The van der Waals surface area contributed by atoms with E-state index >= 15 is 0 Å². The minimum Gasteiger partial charge on any atom is -0.496 e. The average molecular weight is 291 g/mol. The summed E-state index contributed by atoms with van der Waals surface area (Å²) >= 11 is 1.68. The Morgan fingerprint density at radius 3 is 2.75 bits per heavy atom. The van der Waals surface area contributed by atoms with Gasteiger partial charge < -0.3 is 15.0 Å². The molecule has 0 saturated carbocycles. The SMILES string of the molecule is CCC(N)C(Sc1nccn1C)c1ccccc1OC. The molecule has 0 bridgehead atoms. The lowest BCUT2D eigenvalue weighted by molar-refractivity contribution is 0.407. The Balaban J connectivity index is 2.35. The molecule has 2 unspecified atom stereocenters. The van der Waals surface area contributed by atoms with Crippen LogP contribution in [0.1, 0.15) is 24.2 Å². The maximum atomic E-state index is 6.33. The normalized spacial score (nSPS) is 14.0. The van der Waals surface area contributed by atoms with Gasteiger partial charge in [0.25, 0.3) is 0 Å². The van der Waals surface area contributed by atoms with Crippen LogP contribution in [0.15, 0.2) is 41.8 Å². The van der Waals surface area contributed by atoms with Crippen LogP contribution in [0.25, 0.3) is 0 Å². The summed E-state index contributed by atoms with van der Waals surface area (Å²) in [6, 6.07) is 8.10. The Labute approximate surface area is 124 Å². The standard InChI is InChI=1S/C15H21N3OS/c1-4-12(16)14(20-15-17-9-10-18(15)2)11-7-5-6-8-13(11)19-3/h5-10,12,14H,4,16H2,1-3H3. The zero-order valence-electron chi connectivity index (χ0n) is 12.1. The van der Waals surface area contributed by atoms with Crippen LogP contribution < -0.4 is 10.5 Å². The summed E-state index contributed by atoms with van der Waals surface area (Å²) < 4.78 is 7.48. The van der Waals surface area contributed by atoms with Crippen molar-refractivity contribution in [3.8, 4) is 5.75 Å². The van der Waals surface area contributed by atoms with Crippen LogP contribution in [0.4, 0.5) is 0 Å². The van der Waals surface area contributed by atoms with E-state index in [1.54, 1.807) is 25.1 Å². The van der Waals surface area contributed by atoms with Crippen LogP contribution in [0.2, 0.25) is 0 Å². The molecule has 1 aromatic carbocycles. The fourth-order valence-corrected chi connectivity index (χ4v) is 3.34. The van der Waals surface area contributed by atoms with Gasteiger partial charge in [-0.15, -0.1) is 0 Å². The second-order valence-corrected chi connectivity index (χ2v) is 5.78. The number of aromatic nitrogens is 2. The highest BCUT2D eigenvalue weighted by Crippen LogP contribution is 2.40. The van der Waals surface area contributed by atoms with Gasteiger partial charge in [0.15, 0.2) is 5.16 Å². The number of hydrogen-bond donors (Lipinski definition) is 1. The number of imidazole rings is 1. The Kier molecular flexibility index (Phi) is 5.09. The lowest BCUT2D eigenvalue weighted by Gasteiger charge is -2.24. The second-order valence-electron chi connectivity index (χ2n) is 4.67. The van der Waals surface area contributed by atoms with Crippen LogP contribution in [-0.2, 0) is 7.05 Å². The van der Waals surface area contributed by atoms with Gasteiger partial charge in [0.1, 0.15) is 5.75 Å². The van der Waals surface area contributed by atoms with Crippen LogP contribution in [0, 0.1) is 0 Å². The van der Waals surface area contributed by atoms with Gasteiger partial charge >= 0.3 is 0 Å². The largest absolute Gasteiger partial charge is 0.496 e. The number of para-hydroxylation sites is 1. The molecule has 108 valence electrons. The molecule has 20 heavy (non-hydrogen) atoms. The van der Waals surface area contributed by atoms with Crippen molar-refractivity contribution in [1.82, 2.24) is 9.55 Å². The quantitative estimate of drug-likeness (QED) is 0.831. The van der Waals surface area contributed by atoms with E-state index in [-0.39, 0.29) is 11.3 Å². The van der Waals surface area contributed by atoms with Crippen molar-refractivity contribution in [2.45, 2.75) is 29.8 Å². The van der Waals surface area contributed by atoms with Crippen molar-refractivity contribution >= 4 is 11.8 Å². The zero-order chi connectivity index (χ0) is 14.5. The van der Waals surface area contributed by atoms with Crippen molar-refractivity contribution in [2.75, 3.05) is 7.11 Å². The lowest BCUT2D eigenvalue weighted by Crippen LogP contribution is -2.26. The van der Waals surface area contributed by atoms with E-state index in [2.05, 4.69) is 18.0 Å². The van der Waals surface area contributed by atoms with Crippen molar-refractivity contribution in [3.05, 3.63) is 42.2 Å². The molecule has 2 aromatic rings. The zero-order valence-corrected chi connectivity index (χ0v) is 12.9. The van der Waals surface area contributed by atoms with Gasteiger partial charge in [-0.05, 0) is 12.5 Å². The highest BCUT2D eigenvalue weighted by atomic mass is 32.2. The van der Waals surface area contributed by atoms with Crippen molar-refractivity contribution in [2.24, 2.45) is 12.8 Å². The lowest BCUT2D eigenvalue weighted by atomic mass is 10.0. The molecule has 1 heterocycles. The summed E-state index contributed by atoms with van der Waals surface area (Å²) in [6.45, 7) is 2.10. The number of ether oxygens (including phenoxy) is 1. The molecule has 2 N–H and O–H groups in total. The number of thioether (sulfide) groups is 1. The molecule has 0 radical (unpaired) electrons. The van der Waals surface area contributed by atoms with Crippen molar-refractivity contribution in [3.63, 3.8) is 0 Å². The Morgan fingerprint density at radius 1 is 1.40 bits per heavy atom. The third kappa shape index (κ3) is 3.16. The summed E-state index contributed by atoms with van der Waals surface area (Å²) in [5, 5.41) is 1.09. The van der Waals surface area contributed by atoms with Gasteiger partial charge in [-0.3, -0.25) is 0 Å². The van der Waals surface area contributed by atoms with Gasteiger partial charge in [0.05, 0.1) is 12.4 Å². The molecular weight excluding hydrogens is 270 g/mol. The van der Waals surface area contributed by atoms with Crippen molar-refractivity contribution in [1.29, 1.82) is 0 Å². The highest BCUT2D eigenvalue weighted by Gasteiger charge is 2.24. The van der Waals surface area contributed by atoms with Gasteiger partial charge in [-0.2, -0.15) is 0 Å². The van der Waals surface area contributed by atoms with E-state index in [1.807, 2.05) is 36.0 Å². The summed E-state index contributed by atoms with van der Waals surface area (Å²) in [5.74, 6) is 0.878. The maximum absolute atomic E-state index is 6.33. The number of nitrogens with zero attached hydrogens (tertiary/aromatic N) is 2.